The molecule has 2 heterocycles. The van der Waals surface area contributed by atoms with E-state index < -0.39 is 0 Å². The second kappa shape index (κ2) is 5.01. The molecule has 0 unspecified atom stereocenters. The minimum Gasteiger partial charge on any atom is -0.357 e. The van der Waals surface area contributed by atoms with Crippen LogP contribution in [0.4, 0.5) is 11.8 Å². The molecular weight excluding hydrogens is 294 g/mol. The van der Waals surface area contributed by atoms with E-state index in [4.69, 9.17) is 0 Å². The predicted octanol–water partition coefficient (Wildman–Crippen LogP) is 1.81. The fourth-order valence-corrected chi connectivity index (χ4v) is 2.56. The highest BCUT2D eigenvalue weighted by molar-refractivity contribution is 9.10. The monoisotopic (exact) mass is 313 g/mol. The van der Waals surface area contributed by atoms with Gasteiger partial charge in [-0.15, -0.1) is 0 Å². The molecule has 6 heteroatoms. The van der Waals surface area contributed by atoms with Crippen molar-refractivity contribution in [1.29, 1.82) is 0 Å². The summed E-state index contributed by atoms with van der Waals surface area (Å²) in [6.45, 7) is 7.50. The number of piperazine rings is 1. The maximum atomic E-state index is 4.54. The van der Waals surface area contributed by atoms with Crippen molar-refractivity contribution in [1.82, 2.24) is 14.9 Å². The molecule has 0 atom stereocenters. The first-order valence-electron chi connectivity index (χ1n) is 6.10. The van der Waals surface area contributed by atoms with E-state index in [0.717, 1.165) is 29.9 Å². The Morgan fingerprint density at radius 2 is 2.11 bits per heavy atom. The molecule has 1 aliphatic heterocycles. The van der Waals surface area contributed by atoms with Gasteiger partial charge in [-0.3, -0.25) is 4.90 Å². The van der Waals surface area contributed by atoms with Gasteiger partial charge in [0.2, 0.25) is 5.95 Å². The Bertz CT molecular complexity index is 434. The van der Waals surface area contributed by atoms with Crippen LogP contribution in [0, 0.1) is 0 Å². The van der Waals surface area contributed by atoms with E-state index in [1.54, 1.807) is 6.20 Å². The quantitative estimate of drug-likeness (QED) is 0.902. The summed E-state index contributed by atoms with van der Waals surface area (Å²) < 4.78 is 0.946. The van der Waals surface area contributed by atoms with Gasteiger partial charge in [-0.2, -0.15) is 4.98 Å². The summed E-state index contributed by atoms with van der Waals surface area (Å²) in [6, 6.07) is 0. The second-order valence-electron chi connectivity index (χ2n) is 5.27. The van der Waals surface area contributed by atoms with Gasteiger partial charge in [-0.25, -0.2) is 4.98 Å². The lowest BCUT2D eigenvalue weighted by Gasteiger charge is -2.45. The topological polar surface area (TPSA) is 44.3 Å². The number of nitrogens with one attached hydrogen (secondary N) is 1. The molecule has 1 aliphatic rings. The van der Waals surface area contributed by atoms with Crippen molar-refractivity contribution in [3.63, 3.8) is 0 Å². The van der Waals surface area contributed by atoms with Gasteiger partial charge in [0.25, 0.3) is 0 Å². The minimum atomic E-state index is 0.155. The van der Waals surface area contributed by atoms with Crippen LogP contribution in [-0.2, 0) is 0 Å². The first-order chi connectivity index (χ1) is 8.44. The number of nitrogens with zero attached hydrogens (tertiary/aromatic N) is 4. The third-order valence-electron chi connectivity index (χ3n) is 3.57. The lowest BCUT2D eigenvalue weighted by atomic mass is 10.00. The molecule has 0 amide bonds. The van der Waals surface area contributed by atoms with Crippen LogP contribution >= 0.6 is 15.9 Å². The zero-order valence-electron chi connectivity index (χ0n) is 11.4. The average molecular weight is 314 g/mol. The smallest absolute Gasteiger partial charge is 0.224 e. The predicted molar refractivity (Wildman–Crippen MR) is 78.2 cm³/mol. The number of hydrogen-bond donors (Lipinski definition) is 1. The van der Waals surface area contributed by atoms with Crippen molar-refractivity contribution in [3.05, 3.63) is 10.7 Å². The summed E-state index contributed by atoms with van der Waals surface area (Å²) in [4.78, 5) is 13.4. The Morgan fingerprint density at radius 1 is 1.39 bits per heavy atom. The van der Waals surface area contributed by atoms with Gasteiger partial charge in [0.15, 0.2) is 0 Å². The molecule has 1 saturated heterocycles. The summed E-state index contributed by atoms with van der Waals surface area (Å²) in [6.07, 6.45) is 1.81. The van der Waals surface area contributed by atoms with E-state index in [1.807, 2.05) is 7.05 Å². The Morgan fingerprint density at radius 3 is 2.72 bits per heavy atom. The minimum absolute atomic E-state index is 0.155. The standard InChI is InChI=1S/C12H20BrN5/c1-12(2)8-18(6-5-17(12)4)10-9(13)7-15-11(14-3)16-10/h7H,5-6,8H2,1-4H3,(H,14,15,16). The number of hydrogen-bond acceptors (Lipinski definition) is 5. The van der Waals surface area contributed by atoms with E-state index in [9.17, 15) is 0 Å². The van der Waals surface area contributed by atoms with E-state index in [2.05, 4.69) is 61.9 Å². The van der Waals surface area contributed by atoms with Crippen molar-refractivity contribution in [2.45, 2.75) is 19.4 Å². The molecule has 0 bridgehead atoms. The van der Waals surface area contributed by atoms with Crippen LogP contribution in [0.25, 0.3) is 0 Å². The highest BCUT2D eigenvalue weighted by atomic mass is 79.9. The van der Waals surface area contributed by atoms with Gasteiger partial charge in [0, 0.05) is 38.4 Å². The molecule has 1 aromatic heterocycles. The number of aromatic nitrogens is 2. The summed E-state index contributed by atoms with van der Waals surface area (Å²) in [5.41, 5.74) is 0.155. The molecule has 0 radical (unpaired) electrons. The highest BCUT2D eigenvalue weighted by Gasteiger charge is 2.32. The van der Waals surface area contributed by atoms with E-state index in [0.29, 0.717) is 5.95 Å². The van der Waals surface area contributed by atoms with Crippen LogP contribution in [0.1, 0.15) is 13.8 Å². The maximum absolute atomic E-state index is 4.54. The Labute approximate surface area is 117 Å². The van der Waals surface area contributed by atoms with Crippen molar-refractivity contribution < 1.29 is 0 Å². The highest BCUT2D eigenvalue weighted by Crippen LogP contribution is 2.28. The van der Waals surface area contributed by atoms with Crippen molar-refractivity contribution in [2.24, 2.45) is 0 Å². The molecule has 1 N–H and O–H groups in total. The molecule has 5 nitrogen and oxygen atoms in total. The molecule has 100 valence electrons. The van der Waals surface area contributed by atoms with Gasteiger partial charge in [-0.05, 0) is 36.8 Å². The van der Waals surface area contributed by atoms with E-state index in [-0.39, 0.29) is 5.54 Å². The Hall–Kier alpha value is -0.880. The van der Waals surface area contributed by atoms with E-state index >= 15 is 0 Å². The Balaban J connectivity index is 2.26. The van der Waals surface area contributed by atoms with Crippen LogP contribution in [0.2, 0.25) is 0 Å². The molecular formula is C12H20BrN5. The SMILES string of the molecule is CNc1ncc(Br)c(N2CCN(C)C(C)(C)C2)n1. The van der Waals surface area contributed by atoms with Crippen molar-refractivity contribution in [3.8, 4) is 0 Å². The van der Waals surface area contributed by atoms with Crippen molar-refractivity contribution >= 4 is 27.7 Å². The fraction of sp³-hybridized carbons (Fsp3) is 0.667. The van der Waals surface area contributed by atoms with Gasteiger partial charge in [0.05, 0.1) is 4.47 Å². The molecule has 2 rings (SSSR count). The third kappa shape index (κ3) is 2.59. The van der Waals surface area contributed by atoms with Gasteiger partial charge >= 0.3 is 0 Å². The zero-order valence-corrected chi connectivity index (χ0v) is 13.0. The van der Waals surface area contributed by atoms with E-state index in [1.165, 1.54) is 0 Å². The van der Waals surface area contributed by atoms with Crippen LogP contribution in [-0.4, -0.2) is 54.1 Å². The number of halogens is 1. The Kier molecular flexibility index (Phi) is 3.77. The first-order valence-corrected chi connectivity index (χ1v) is 6.90. The molecule has 1 aromatic rings. The van der Waals surface area contributed by atoms with Crippen LogP contribution in [0.15, 0.2) is 10.7 Å². The molecule has 0 spiro atoms. The molecule has 18 heavy (non-hydrogen) atoms. The molecule has 1 fully saturated rings. The van der Waals surface area contributed by atoms with Gasteiger partial charge < -0.3 is 10.2 Å². The van der Waals surface area contributed by atoms with Crippen LogP contribution in [0.5, 0.6) is 0 Å². The molecule has 0 aliphatic carbocycles. The summed E-state index contributed by atoms with van der Waals surface area (Å²) >= 11 is 3.54. The zero-order chi connectivity index (χ0) is 13.3. The molecule has 0 saturated carbocycles. The largest absolute Gasteiger partial charge is 0.357 e. The van der Waals surface area contributed by atoms with Crippen LogP contribution in [0.3, 0.4) is 0 Å². The van der Waals surface area contributed by atoms with Crippen molar-refractivity contribution in [2.75, 3.05) is 43.9 Å². The first kappa shape index (κ1) is 13.5. The average Bonchev–Trinajstić information content (AvgIpc) is 2.33. The number of rotatable bonds is 2. The van der Waals surface area contributed by atoms with Crippen LogP contribution < -0.4 is 10.2 Å². The lowest BCUT2D eigenvalue weighted by molar-refractivity contribution is 0.138. The number of anilines is 2. The number of likely N-dealkylation sites (N-methyl/N-ethyl adjacent to an activating group) is 1. The summed E-state index contributed by atoms with van der Waals surface area (Å²) in [5, 5.41) is 2.98. The maximum Gasteiger partial charge on any atom is 0.224 e. The normalized spacial score (nSPS) is 19.9. The van der Waals surface area contributed by atoms with Gasteiger partial charge in [-0.1, -0.05) is 0 Å². The van der Waals surface area contributed by atoms with Gasteiger partial charge in [0.1, 0.15) is 5.82 Å². The second-order valence-corrected chi connectivity index (χ2v) is 6.13. The lowest BCUT2D eigenvalue weighted by Crippen LogP contribution is -2.58. The summed E-state index contributed by atoms with van der Waals surface area (Å²) in [5.74, 6) is 1.63. The summed E-state index contributed by atoms with van der Waals surface area (Å²) in [7, 11) is 4.01. The molecule has 0 aromatic carbocycles. The fourth-order valence-electron chi connectivity index (χ4n) is 2.12. The third-order valence-corrected chi connectivity index (χ3v) is 4.12.